The van der Waals surface area contributed by atoms with E-state index in [1.54, 1.807) is 24.3 Å². The number of benzene rings is 2. The van der Waals surface area contributed by atoms with Crippen LogP contribution in [-0.4, -0.2) is 22.7 Å². The van der Waals surface area contributed by atoms with Gasteiger partial charge in [-0.2, -0.15) is 0 Å². The van der Waals surface area contributed by atoms with E-state index in [-0.39, 0.29) is 23.8 Å². The molecule has 7 nitrogen and oxygen atoms in total. The number of hydrogen-bond donors (Lipinski definition) is 2. The van der Waals surface area contributed by atoms with E-state index in [4.69, 9.17) is 9.47 Å². The molecule has 0 atom stereocenters. The summed E-state index contributed by atoms with van der Waals surface area (Å²) in [4.78, 5) is 21.0. The van der Waals surface area contributed by atoms with Gasteiger partial charge in [0.1, 0.15) is 17.8 Å². The van der Waals surface area contributed by atoms with E-state index in [1.165, 1.54) is 6.33 Å². The van der Waals surface area contributed by atoms with E-state index >= 15 is 0 Å². The number of rotatable bonds is 4. The molecule has 2 N–H and O–H groups in total. The van der Waals surface area contributed by atoms with Gasteiger partial charge in [-0.1, -0.05) is 39.0 Å². The van der Waals surface area contributed by atoms with Crippen molar-refractivity contribution in [3.63, 3.8) is 0 Å². The first-order chi connectivity index (χ1) is 13.9. The zero-order valence-corrected chi connectivity index (χ0v) is 16.5. The topological polar surface area (TPSA) is 85.4 Å². The van der Waals surface area contributed by atoms with Crippen LogP contribution < -0.4 is 20.1 Å². The highest BCUT2D eigenvalue weighted by Crippen LogP contribution is 2.34. The molecule has 1 aromatic heterocycles. The molecule has 0 fully saturated rings. The monoisotopic (exact) mass is 390 g/mol. The fourth-order valence-corrected chi connectivity index (χ4v) is 3.10. The molecule has 148 valence electrons. The van der Waals surface area contributed by atoms with Crippen molar-refractivity contribution in [2.75, 3.05) is 17.4 Å². The Labute approximate surface area is 169 Å². The van der Waals surface area contributed by atoms with Crippen LogP contribution >= 0.6 is 0 Å². The summed E-state index contributed by atoms with van der Waals surface area (Å²) in [6.07, 6.45) is 1.37. The normalized spacial score (nSPS) is 12.5. The van der Waals surface area contributed by atoms with E-state index in [0.29, 0.717) is 23.0 Å². The van der Waals surface area contributed by atoms with Crippen LogP contribution in [0.4, 0.5) is 17.2 Å². The maximum Gasteiger partial charge on any atom is 0.274 e. The molecule has 3 aromatic rings. The number of nitrogens with zero attached hydrogens (tertiary/aromatic N) is 2. The Bertz CT molecular complexity index is 1060. The Kier molecular flexibility index (Phi) is 4.80. The van der Waals surface area contributed by atoms with Gasteiger partial charge in [0, 0.05) is 23.5 Å². The van der Waals surface area contributed by atoms with Gasteiger partial charge in [-0.3, -0.25) is 4.79 Å². The van der Waals surface area contributed by atoms with Crippen LogP contribution in [0, 0.1) is 0 Å². The lowest BCUT2D eigenvalue weighted by Crippen LogP contribution is -2.15. The average Bonchev–Trinajstić information content (AvgIpc) is 3.15. The number of anilines is 3. The van der Waals surface area contributed by atoms with Crippen molar-refractivity contribution in [1.29, 1.82) is 0 Å². The molecular formula is C22H22N4O3. The first-order valence-corrected chi connectivity index (χ1v) is 9.30. The molecule has 4 rings (SSSR count). The van der Waals surface area contributed by atoms with Crippen LogP contribution in [0.15, 0.2) is 54.9 Å². The molecule has 0 saturated heterocycles. The van der Waals surface area contributed by atoms with Gasteiger partial charge < -0.3 is 20.1 Å². The average molecular weight is 390 g/mol. The number of aromatic nitrogens is 2. The minimum absolute atomic E-state index is 0.0316. The van der Waals surface area contributed by atoms with Crippen LogP contribution in [-0.2, 0) is 5.41 Å². The van der Waals surface area contributed by atoms with E-state index in [9.17, 15) is 4.79 Å². The minimum Gasteiger partial charge on any atom is -0.454 e. The van der Waals surface area contributed by atoms with Crippen molar-refractivity contribution in [1.82, 2.24) is 9.97 Å². The standard InChI is InChI=1S/C22H22N4O3/c1-22(2,3)15-6-4-5-7-16(15)26-20-11-17(23-12-24-20)21(27)25-14-8-9-18-19(10-14)29-13-28-18/h4-12H,13H2,1-3H3,(H,25,27)(H,23,24,26). The number of ether oxygens (including phenoxy) is 2. The quantitative estimate of drug-likeness (QED) is 0.682. The third kappa shape index (κ3) is 4.13. The highest BCUT2D eigenvalue weighted by Gasteiger charge is 2.19. The van der Waals surface area contributed by atoms with Crippen molar-refractivity contribution in [3.05, 3.63) is 66.1 Å². The lowest BCUT2D eigenvalue weighted by molar-refractivity contribution is 0.102. The highest BCUT2D eigenvalue weighted by atomic mass is 16.7. The SMILES string of the molecule is CC(C)(C)c1ccccc1Nc1cc(C(=O)Nc2ccc3c(c2)OCO3)ncn1. The largest absolute Gasteiger partial charge is 0.454 e. The van der Waals surface area contributed by atoms with Crippen LogP contribution in [0.1, 0.15) is 36.8 Å². The predicted octanol–water partition coefficient (Wildman–Crippen LogP) is 4.50. The number of nitrogens with one attached hydrogen (secondary N) is 2. The summed E-state index contributed by atoms with van der Waals surface area (Å²) < 4.78 is 10.6. The van der Waals surface area contributed by atoms with Crippen LogP contribution in [0.5, 0.6) is 11.5 Å². The van der Waals surface area contributed by atoms with E-state index in [0.717, 1.165) is 11.3 Å². The van der Waals surface area contributed by atoms with Gasteiger partial charge in [-0.25, -0.2) is 9.97 Å². The number of carbonyl (C=O) groups excluding carboxylic acids is 1. The molecular weight excluding hydrogens is 368 g/mol. The summed E-state index contributed by atoms with van der Waals surface area (Å²) in [5.41, 5.74) is 2.93. The molecule has 1 aliphatic heterocycles. The molecule has 0 radical (unpaired) electrons. The summed E-state index contributed by atoms with van der Waals surface area (Å²) in [7, 11) is 0. The molecule has 0 spiro atoms. The van der Waals surface area contributed by atoms with Crippen molar-refractivity contribution >= 4 is 23.1 Å². The summed E-state index contributed by atoms with van der Waals surface area (Å²) in [6.45, 7) is 6.64. The van der Waals surface area contributed by atoms with Gasteiger partial charge in [-0.05, 0) is 29.2 Å². The first kappa shape index (κ1) is 18.7. The van der Waals surface area contributed by atoms with Gasteiger partial charge >= 0.3 is 0 Å². The second-order valence-electron chi connectivity index (χ2n) is 7.73. The van der Waals surface area contributed by atoms with E-state index in [1.807, 2.05) is 18.2 Å². The smallest absolute Gasteiger partial charge is 0.274 e. The molecule has 0 bridgehead atoms. The van der Waals surface area contributed by atoms with Crippen LogP contribution in [0.2, 0.25) is 0 Å². The van der Waals surface area contributed by atoms with Crippen molar-refractivity contribution < 1.29 is 14.3 Å². The maximum atomic E-state index is 12.6. The molecule has 1 amide bonds. The zero-order valence-electron chi connectivity index (χ0n) is 16.5. The lowest BCUT2D eigenvalue weighted by Gasteiger charge is -2.23. The maximum absolute atomic E-state index is 12.6. The number of amides is 1. The number of hydrogen-bond acceptors (Lipinski definition) is 6. The van der Waals surface area contributed by atoms with E-state index < -0.39 is 0 Å². The van der Waals surface area contributed by atoms with Gasteiger partial charge in [0.15, 0.2) is 11.5 Å². The summed E-state index contributed by atoms with van der Waals surface area (Å²) in [5.74, 6) is 1.48. The lowest BCUT2D eigenvalue weighted by atomic mass is 9.86. The first-order valence-electron chi connectivity index (χ1n) is 9.30. The zero-order chi connectivity index (χ0) is 20.4. The Balaban J connectivity index is 1.53. The third-order valence-electron chi connectivity index (χ3n) is 4.53. The fraction of sp³-hybridized carbons (Fsp3) is 0.227. The van der Waals surface area contributed by atoms with Gasteiger partial charge in [-0.15, -0.1) is 0 Å². The predicted molar refractivity (Wildman–Crippen MR) is 111 cm³/mol. The van der Waals surface area contributed by atoms with Gasteiger partial charge in [0.25, 0.3) is 5.91 Å². The summed E-state index contributed by atoms with van der Waals surface area (Å²) >= 11 is 0. The molecule has 29 heavy (non-hydrogen) atoms. The van der Waals surface area contributed by atoms with Crippen LogP contribution in [0.25, 0.3) is 0 Å². The molecule has 0 unspecified atom stereocenters. The molecule has 2 heterocycles. The van der Waals surface area contributed by atoms with Crippen molar-refractivity contribution in [3.8, 4) is 11.5 Å². The number of para-hydroxylation sites is 1. The van der Waals surface area contributed by atoms with E-state index in [2.05, 4.69) is 47.4 Å². The molecule has 7 heteroatoms. The van der Waals surface area contributed by atoms with Gasteiger partial charge in [0.2, 0.25) is 6.79 Å². The van der Waals surface area contributed by atoms with Crippen LogP contribution in [0.3, 0.4) is 0 Å². The highest BCUT2D eigenvalue weighted by molar-refractivity contribution is 6.03. The van der Waals surface area contributed by atoms with Crippen molar-refractivity contribution in [2.24, 2.45) is 0 Å². The van der Waals surface area contributed by atoms with Crippen molar-refractivity contribution in [2.45, 2.75) is 26.2 Å². The molecule has 1 aliphatic rings. The summed E-state index contributed by atoms with van der Waals surface area (Å²) in [5, 5.41) is 6.13. The fourth-order valence-electron chi connectivity index (χ4n) is 3.10. The molecule has 0 aliphatic carbocycles. The summed E-state index contributed by atoms with van der Waals surface area (Å²) in [6, 6.07) is 14.9. The number of carbonyl (C=O) groups is 1. The Morgan fingerprint density at radius 1 is 1.00 bits per heavy atom. The number of fused-ring (bicyclic) bond motifs is 1. The minimum atomic E-state index is -0.335. The molecule has 0 saturated carbocycles. The Morgan fingerprint density at radius 3 is 2.62 bits per heavy atom. The Hall–Kier alpha value is -3.61. The third-order valence-corrected chi connectivity index (χ3v) is 4.53. The Morgan fingerprint density at radius 2 is 1.79 bits per heavy atom. The second kappa shape index (κ2) is 7.43. The molecule has 2 aromatic carbocycles. The second-order valence-corrected chi connectivity index (χ2v) is 7.73. The van der Waals surface area contributed by atoms with Gasteiger partial charge in [0.05, 0.1) is 0 Å².